The summed E-state index contributed by atoms with van der Waals surface area (Å²) in [7, 11) is 0. The maximum atomic E-state index is 12.5. The van der Waals surface area contributed by atoms with Gasteiger partial charge < -0.3 is 15.4 Å². The fraction of sp³-hybridized carbons (Fsp3) is 0.471. The first-order valence-electron chi connectivity index (χ1n) is 8.20. The molecule has 1 aliphatic rings. The van der Waals surface area contributed by atoms with Gasteiger partial charge in [0.05, 0.1) is 18.4 Å². The Morgan fingerprint density at radius 3 is 3.08 bits per heavy atom. The Bertz CT molecular complexity index is 686. The summed E-state index contributed by atoms with van der Waals surface area (Å²) in [6.45, 7) is 3.92. The Morgan fingerprint density at radius 2 is 2.38 bits per heavy atom. The van der Waals surface area contributed by atoms with E-state index < -0.39 is 0 Å². The van der Waals surface area contributed by atoms with Gasteiger partial charge in [0, 0.05) is 31.5 Å². The molecule has 0 aromatic carbocycles. The van der Waals surface area contributed by atoms with Crippen LogP contribution in [0, 0.1) is 6.92 Å². The second-order valence-electron chi connectivity index (χ2n) is 6.14. The lowest BCUT2D eigenvalue weighted by Crippen LogP contribution is -2.44. The van der Waals surface area contributed by atoms with Crippen LogP contribution in [0.2, 0.25) is 0 Å². The number of rotatable bonds is 5. The number of pyridine rings is 1. The van der Waals surface area contributed by atoms with Gasteiger partial charge in [0.15, 0.2) is 0 Å². The molecule has 1 atom stereocenters. The summed E-state index contributed by atoms with van der Waals surface area (Å²) in [6, 6.07) is 5.65. The minimum Gasteiger partial charge on any atom is -0.384 e. The zero-order valence-corrected chi connectivity index (χ0v) is 13.9. The van der Waals surface area contributed by atoms with Crippen molar-refractivity contribution in [3.05, 3.63) is 41.9 Å². The van der Waals surface area contributed by atoms with Crippen molar-refractivity contribution < 1.29 is 9.53 Å². The highest BCUT2D eigenvalue weighted by atomic mass is 16.5. The second kappa shape index (κ2) is 7.44. The van der Waals surface area contributed by atoms with Gasteiger partial charge in [-0.2, -0.15) is 5.10 Å². The van der Waals surface area contributed by atoms with E-state index in [0.717, 1.165) is 30.6 Å². The topological polar surface area (TPSA) is 86.3 Å². The van der Waals surface area contributed by atoms with Crippen LogP contribution in [0.25, 0.3) is 0 Å². The van der Waals surface area contributed by atoms with Crippen molar-refractivity contribution in [2.75, 3.05) is 18.8 Å². The number of hydrogen-bond acceptors (Lipinski definition) is 5. The maximum Gasteiger partial charge on any atom is 0.244 e. The Morgan fingerprint density at radius 1 is 1.50 bits per heavy atom. The number of anilines is 1. The van der Waals surface area contributed by atoms with Gasteiger partial charge in [-0.05, 0) is 31.4 Å². The maximum absolute atomic E-state index is 12.5. The van der Waals surface area contributed by atoms with Crippen molar-refractivity contribution in [3.63, 3.8) is 0 Å². The summed E-state index contributed by atoms with van der Waals surface area (Å²) in [5.74, 6) is 0.543. The molecule has 2 aromatic rings. The average Bonchev–Trinajstić information content (AvgIpc) is 2.91. The number of nitrogens with two attached hydrogens (primary N) is 1. The summed E-state index contributed by atoms with van der Waals surface area (Å²) >= 11 is 0. The van der Waals surface area contributed by atoms with Crippen LogP contribution in [0.3, 0.4) is 0 Å². The summed E-state index contributed by atoms with van der Waals surface area (Å²) < 4.78 is 7.50. The molecular formula is C17H23N5O2. The molecule has 1 aliphatic heterocycles. The molecule has 7 nitrogen and oxygen atoms in total. The molecule has 24 heavy (non-hydrogen) atoms. The Balaban J connectivity index is 1.53. The zero-order chi connectivity index (χ0) is 16.9. The molecule has 0 spiro atoms. The minimum atomic E-state index is 0.0273. The van der Waals surface area contributed by atoms with Crippen LogP contribution in [-0.4, -0.2) is 44.8 Å². The van der Waals surface area contributed by atoms with Crippen LogP contribution < -0.4 is 5.73 Å². The Kier molecular flexibility index (Phi) is 5.10. The van der Waals surface area contributed by atoms with E-state index in [1.165, 1.54) is 0 Å². The van der Waals surface area contributed by atoms with E-state index in [4.69, 9.17) is 10.5 Å². The Hall–Kier alpha value is -2.41. The first-order chi connectivity index (χ1) is 11.6. The van der Waals surface area contributed by atoms with Gasteiger partial charge in [-0.25, -0.2) is 4.68 Å². The van der Waals surface area contributed by atoms with Gasteiger partial charge in [-0.1, -0.05) is 6.07 Å². The first-order valence-corrected chi connectivity index (χ1v) is 8.20. The number of nitrogens with zero attached hydrogens (tertiary/aromatic N) is 4. The number of nitrogen functional groups attached to an aromatic ring is 1. The lowest BCUT2D eigenvalue weighted by atomic mass is 10.1. The van der Waals surface area contributed by atoms with E-state index in [0.29, 0.717) is 19.0 Å². The van der Waals surface area contributed by atoms with Gasteiger partial charge >= 0.3 is 0 Å². The number of ether oxygens (including phenoxy) is 1. The molecule has 1 amide bonds. The highest BCUT2D eigenvalue weighted by Gasteiger charge is 2.24. The molecule has 1 saturated heterocycles. The van der Waals surface area contributed by atoms with Crippen molar-refractivity contribution in [2.24, 2.45) is 0 Å². The molecule has 2 N–H and O–H groups in total. The summed E-state index contributed by atoms with van der Waals surface area (Å²) in [5, 5.41) is 4.25. The molecule has 3 rings (SSSR count). The molecule has 0 radical (unpaired) electrons. The van der Waals surface area contributed by atoms with Crippen LogP contribution in [-0.2, 0) is 22.7 Å². The van der Waals surface area contributed by atoms with Crippen LogP contribution >= 0.6 is 0 Å². The molecule has 128 valence electrons. The first kappa shape index (κ1) is 16.4. The van der Waals surface area contributed by atoms with Gasteiger partial charge in [-0.15, -0.1) is 0 Å². The van der Waals surface area contributed by atoms with Crippen molar-refractivity contribution in [2.45, 2.75) is 39.0 Å². The molecule has 3 heterocycles. The van der Waals surface area contributed by atoms with E-state index in [9.17, 15) is 4.79 Å². The SMILES string of the molecule is Cc1cc(N)n(CC(=O)N2CCC[C@@H](OCc3cccnc3)C2)n1. The van der Waals surface area contributed by atoms with Gasteiger partial charge in [0.1, 0.15) is 12.4 Å². The molecule has 2 aromatic heterocycles. The summed E-state index contributed by atoms with van der Waals surface area (Å²) in [5.41, 5.74) is 7.72. The lowest BCUT2D eigenvalue weighted by molar-refractivity contribution is -0.136. The molecular weight excluding hydrogens is 306 g/mol. The largest absolute Gasteiger partial charge is 0.384 e. The standard InChI is InChI=1S/C17H23N5O2/c1-13-8-16(18)22(20-13)11-17(23)21-7-3-5-15(10-21)24-12-14-4-2-6-19-9-14/h2,4,6,8-9,15H,3,5,7,10-12,18H2,1H3/t15-/m1/s1. The van der Waals surface area contributed by atoms with E-state index in [-0.39, 0.29) is 18.6 Å². The van der Waals surface area contributed by atoms with E-state index >= 15 is 0 Å². The quantitative estimate of drug-likeness (QED) is 0.895. The normalized spacial score (nSPS) is 17.9. The van der Waals surface area contributed by atoms with Gasteiger partial charge in [0.25, 0.3) is 0 Å². The highest BCUT2D eigenvalue weighted by Crippen LogP contribution is 2.16. The van der Waals surface area contributed by atoms with Crippen LogP contribution in [0.1, 0.15) is 24.1 Å². The zero-order valence-electron chi connectivity index (χ0n) is 13.9. The highest BCUT2D eigenvalue weighted by molar-refractivity contribution is 5.76. The molecule has 0 aliphatic carbocycles. The number of hydrogen-bond donors (Lipinski definition) is 1. The van der Waals surface area contributed by atoms with Crippen molar-refractivity contribution in [1.82, 2.24) is 19.7 Å². The van der Waals surface area contributed by atoms with Crippen LogP contribution in [0.15, 0.2) is 30.6 Å². The molecule has 1 fully saturated rings. The third-order valence-corrected chi connectivity index (χ3v) is 4.16. The summed E-state index contributed by atoms with van der Waals surface area (Å²) in [4.78, 5) is 18.4. The minimum absolute atomic E-state index is 0.0273. The number of carbonyl (C=O) groups excluding carboxylic acids is 1. The fourth-order valence-electron chi connectivity index (χ4n) is 2.92. The molecule has 7 heteroatoms. The number of aromatic nitrogens is 3. The number of amides is 1. The number of likely N-dealkylation sites (tertiary alicyclic amines) is 1. The van der Waals surface area contributed by atoms with Crippen LogP contribution in [0.5, 0.6) is 0 Å². The lowest BCUT2D eigenvalue weighted by Gasteiger charge is -2.32. The molecule has 0 bridgehead atoms. The third-order valence-electron chi connectivity index (χ3n) is 4.16. The van der Waals surface area contributed by atoms with E-state index in [1.807, 2.05) is 24.0 Å². The summed E-state index contributed by atoms with van der Waals surface area (Å²) in [6.07, 6.45) is 5.51. The number of piperidine rings is 1. The molecule has 0 unspecified atom stereocenters. The number of aryl methyl sites for hydroxylation is 1. The molecule has 0 saturated carbocycles. The Labute approximate surface area is 141 Å². The van der Waals surface area contributed by atoms with Crippen molar-refractivity contribution in [3.8, 4) is 0 Å². The van der Waals surface area contributed by atoms with Crippen molar-refractivity contribution in [1.29, 1.82) is 0 Å². The smallest absolute Gasteiger partial charge is 0.244 e. The fourth-order valence-corrected chi connectivity index (χ4v) is 2.92. The van der Waals surface area contributed by atoms with Gasteiger partial charge in [0.2, 0.25) is 5.91 Å². The van der Waals surface area contributed by atoms with Gasteiger partial charge in [-0.3, -0.25) is 9.78 Å². The van der Waals surface area contributed by atoms with E-state index in [2.05, 4.69) is 10.1 Å². The predicted octanol–water partition coefficient (Wildman–Crippen LogP) is 1.38. The number of carbonyl (C=O) groups is 1. The van der Waals surface area contributed by atoms with E-state index in [1.54, 1.807) is 23.1 Å². The predicted molar refractivity (Wildman–Crippen MR) is 90.0 cm³/mol. The van der Waals surface area contributed by atoms with Crippen LogP contribution in [0.4, 0.5) is 5.82 Å². The second-order valence-corrected chi connectivity index (χ2v) is 6.14. The monoisotopic (exact) mass is 329 g/mol. The third kappa shape index (κ3) is 4.11. The average molecular weight is 329 g/mol. The van der Waals surface area contributed by atoms with Crippen molar-refractivity contribution >= 4 is 11.7 Å².